The molecular weight excluding hydrogens is 254 g/mol. The molecule has 112 valence electrons. The van der Waals surface area contributed by atoms with Crippen LogP contribution in [-0.4, -0.2) is 42.4 Å². The van der Waals surface area contributed by atoms with E-state index in [0.717, 1.165) is 24.4 Å². The van der Waals surface area contributed by atoms with E-state index < -0.39 is 0 Å². The molecule has 2 rings (SSSR count). The number of hydrogen-bond donors (Lipinski definition) is 1. The van der Waals surface area contributed by atoms with Crippen molar-refractivity contribution in [2.75, 3.05) is 25.6 Å². The Hall–Kier alpha value is -1.20. The highest BCUT2D eigenvalue weighted by Crippen LogP contribution is 2.27. The second-order valence-electron chi connectivity index (χ2n) is 6.34. The highest BCUT2D eigenvalue weighted by Gasteiger charge is 2.30. The molecule has 0 amide bonds. The van der Waals surface area contributed by atoms with Gasteiger partial charge in [0.2, 0.25) is 0 Å². The summed E-state index contributed by atoms with van der Waals surface area (Å²) in [5.74, 6) is 0.908. The fraction of sp³-hybridized carbons (Fsp3) is 0.733. The van der Waals surface area contributed by atoms with Crippen LogP contribution in [0, 0.1) is 0 Å². The SMILES string of the molecule is COCCOC1CC(Nc2cc(C(C)(C)C)ncn2)C1. The third-order valence-corrected chi connectivity index (χ3v) is 3.52. The summed E-state index contributed by atoms with van der Waals surface area (Å²) < 4.78 is 10.6. The first kappa shape index (κ1) is 15.2. The number of anilines is 1. The summed E-state index contributed by atoms with van der Waals surface area (Å²) in [5.41, 5.74) is 1.10. The molecule has 5 nitrogen and oxygen atoms in total. The van der Waals surface area contributed by atoms with Crippen LogP contribution in [0.3, 0.4) is 0 Å². The van der Waals surface area contributed by atoms with Crippen LogP contribution in [0.4, 0.5) is 5.82 Å². The van der Waals surface area contributed by atoms with Gasteiger partial charge in [-0.15, -0.1) is 0 Å². The Kier molecular flexibility index (Phi) is 4.94. The largest absolute Gasteiger partial charge is 0.382 e. The third kappa shape index (κ3) is 4.15. The van der Waals surface area contributed by atoms with Gasteiger partial charge in [0.1, 0.15) is 12.1 Å². The van der Waals surface area contributed by atoms with E-state index in [1.807, 2.05) is 6.07 Å². The van der Waals surface area contributed by atoms with Gasteiger partial charge in [-0.1, -0.05) is 20.8 Å². The number of aromatic nitrogens is 2. The summed E-state index contributed by atoms with van der Waals surface area (Å²) >= 11 is 0. The molecule has 0 radical (unpaired) electrons. The molecule has 1 N–H and O–H groups in total. The Morgan fingerprint density at radius 1 is 1.25 bits per heavy atom. The van der Waals surface area contributed by atoms with Crippen molar-refractivity contribution in [3.8, 4) is 0 Å². The van der Waals surface area contributed by atoms with Gasteiger partial charge in [-0.3, -0.25) is 0 Å². The van der Waals surface area contributed by atoms with Crippen LogP contribution in [0.15, 0.2) is 12.4 Å². The summed E-state index contributed by atoms with van der Waals surface area (Å²) in [4.78, 5) is 8.63. The van der Waals surface area contributed by atoms with E-state index in [4.69, 9.17) is 9.47 Å². The Morgan fingerprint density at radius 3 is 2.65 bits per heavy atom. The lowest BCUT2D eigenvalue weighted by Gasteiger charge is -2.36. The summed E-state index contributed by atoms with van der Waals surface area (Å²) in [6.07, 6.45) is 4.04. The highest BCUT2D eigenvalue weighted by atomic mass is 16.5. The first-order valence-corrected chi connectivity index (χ1v) is 7.18. The van der Waals surface area contributed by atoms with Crippen molar-refractivity contribution in [2.45, 2.75) is 51.2 Å². The predicted octanol–water partition coefficient (Wildman–Crippen LogP) is 2.38. The third-order valence-electron chi connectivity index (χ3n) is 3.52. The van der Waals surface area contributed by atoms with E-state index in [1.54, 1.807) is 13.4 Å². The zero-order valence-corrected chi connectivity index (χ0v) is 12.8. The van der Waals surface area contributed by atoms with Crippen LogP contribution in [0.1, 0.15) is 39.3 Å². The molecule has 0 atom stereocenters. The molecule has 1 fully saturated rings. The predicted molar refractivity (Wildman–Crippen MR) is 79.0 cm³/mol. The molecule has 1 aromatic heterocycles. The van der Waals surface area contributed by atoms with Gasteiger partial charge in [0, 0.05) is 24.6 Å². The van der Waals surface area contributed by atoms with Crippen molar-refractivity contribution >= 4 is 5.82 Å². The quantitative estimate of drug-likeness (QED) is 0.810. The minimum Gasteiger partial charge on any atom is -0.382 e. The lowest BCUT2D eigenvalue weighted by molar-refractivity contribution is -0.0261. The highest BCUT2D eigenvalue weighted by molar-refractivity contribution is 5.38. The average Bonchev–Trinajstić information content (AvgIpc) is 2.35. The lowest BCUT2D eigenvalue weighted by Crippen LogP contribution is -2.41. The Morgan fingerprint density at radius 2 is 2.00 bits per heavy atom. The number of hydrogen-bond acceptors (Lipinski definition) is 5. The van der Waals surface area contributed by atoms with Crippen molar-refractivity contribution in [3.63, 3.8) is 0 Å². The van der Waals surface area contributed by atoms with Gasteiger partial charge in [-0.25, -0.2) is 9.97 Å². The van der Waals surface area contributed by atoms with Gasteiger partial charge in [-0.05, 0) is 12.8 Å². The molecular formula is C15H25N3O2. The molecule has 0 unspecified atom stereocenters. The van der Waals surface area contributed by atoms with Crippen LogP contribution in [0.25, 0.3) is 0 Å². The van der Waals surface area contributed by atoms with Crippen LogP contribution in [0.5, 0.6) is 0 Å². The molecule has 1 aliphatic rings. The number of nitrogens with one attached hydrogen (secondary N) is 1. The van der Waals surface area contributed by atoms with Crippen molar-refractivity contribution in [1.29, 1.82) is 0 Å². The number of methoxy groups -OCH3 is 1. The van der Waals surface area contributed by atoms with E-state index >= 15 is 0 Å². The minimum atomic E-state index is 0.0464. The maximum absolute atomic E-state index is 5.67. The summed E-state index contributed by atoms with van der Waals surface area (Å²) in [7, 11) is 1.69. The van der Waals surface area contributed by atoms with Gasteiger partial charge in [0.05, 0.1) is 25.0 Å². The van der Waals surface area contributed by atoms with Crippen LogP contribution >= 0.6 is 0 Å². The minimum absolute atomic E-state index is 0.0464. The molecule has 1 saturated carbocycles. The molecule has 0 saturated heterocycles. The molecule has 0 bridgehead atoms. The van der Waals surface area contributed by atoms with Crippen molar-refractivity contribution in [2.24, 2.45) is 0 Å². The van der Waals surface area contributed by atoms with Gasteiger partial charge in [0.15, 0.2) is 0 Å². The number of ether oxygens (including phenoxy) is 2. The fourth-order valence-electron chi connectivity index (χ4n) is 2.17. The van der Waals surface area contributed by atoms with E-state index in [-0.39, 0.29) is 5.41 Å². The van der Waals surface area contributed by atoms with Gasteiger partial charge in [-0.2, -0.15) is 0 Å². The molecule has 0 aromatic carbocycles. The van der Waals surface area contributed by atoms with Crippen LogP contribution < -0.4 is 5.32 Å². The Labute approximate surface area is 121 Å². The molecule has 1 heterocycles. The second kappa shape index (κ2) is 6.50. The molecule has 1 aliphatic carbocycles. The molecule has 0 aliphatic heterocycles. The summed E-state index contributed by atoms with van der Waals surface area (Å²) in [6, 6.07) is 2.49. The smallest absolute Gasteiger partial charge is 0.129 e. The van der Waals surface area contributed by atoms with Crippen LogP contribution in [-0.2, 0) is 14.9 Å². The fourth-order valence-corrected chi connectivity index (χ4v) is 2.17. The Balaban J connectivity index is 1.78. The maximum atomic E-state index is 5.67. The monoisotopic (exact) mass is 279 g/mol. The topological polar surface area (TPSA) is 56.3 Å². The molecule has 20 heavy (non-hydrogen) atoms. The van der Waals surface area contributed by atoms with E-state index in [1.165, 1.54) is 0 Å². The van der Waals surface area contributed by atoms with E-state index in [9.17, 15) is 0 Å². The first-order valence-electron chi connectivity index (χ1n) is 7.18. The molecule has 5 heteroatoms. The number of rotatable bonds is 6. The zero-order valence-electron chi connectivity index (χ0n) is 12.8. The summed E-state index contributed by atoms with van der Waals surface area (Å²) in [6.45, 7) is 7.80. The standard InChI is InChI=1S/C15H25N3O2/c1-15(2,3)13-9-14(17-10-16-13)18-11-7-12(8-11)20-6-5-19-4/h9-12H,5-8H2,1-4H3,(H,16,17,18). The molecule has 1 aromatic rings. The number of nitrogens with zero attached hydrogens (tertiary/aromatic N) is 2. The van der Waals surface area contributed by atoms with Gasteiger partial charge < -0.3 is 14.8 Å². The summed E-state index contributed by atoms with van der Waals surface area (Å²) in [5, 5.41) is 3.45. The first-order chi connectivity index (χ1) is 9.49. The van der Waals surface area contributed by atoms with Crippen molar-refractivity contribution in [3.05, 3.63) is 18.1 Å². The zero-order chi connectivity index (χ0) is 14.6. The maximum Gasteiger partial charge on any atom is 0.129 e. The van der Waals surface area contributed by atoms with Crippen molar-refractivity contribution in [1.82, 2.24) is 9.97 Å². The second-order valence-corrected chi connectivity index (χ2v) is 6.34. The van der Waals surface area contributed by atoms with Crippen LogP contribution in [0.2, 0.25) is 0 Å². The molecule has 0 spiro atoms. The van der Waals surface area contributed by atoms with E-state index in [2.05, 4.69) is 36.1 Å². The van der Waals surface area contributed by atoms with E-state index in [0.29, 0.717) is 25.4 Å². The average molecular weight is 279 g/mol. The van der Waals surface area contributed by atoms with Gasteiger partial charge in [0.25, 0.3) is 0 Å². The van der Waals surface area contributed by atoms with Crippen molar-refractivity contribution < 1.29 is 9.47 Å². The Bertz CT molecular complexity index is 425. The normalized spacial score (nSPS) is 22.4. The van der Waals surface area contributed by atoms with Gasteiger partial charge >= 0.3 is 0 Å². The lowest BCUT2D eigenvalue weighted by atomic mass is 9.89.